The summed E-state index contributed by atoms with van der Waals surface area (Å²) in [6.45, 7) is 2.40. The Morgan fingerprint density at radius 3 is 2.71 bits per heavy atom. The number of rotatable bonds is 6. The van der Waals surface area contributed by atoms with Gasteiger partial charge in [-0.3, -0.25) is 10.1 Å². The van der Waals surface area contributed by atoms with Gasteiger partial charge in [-0.2, -0.15) is 4.98 Å². The minimum Gasteiger partial charge on any atom is -0.467 e. The van der Waals surface area contributed by atoms with Crippen LogP contribution in [0.3, 0.4) is 0 Å². The van der Waals surface area contributed by atoms with E-state index < -0.39 is 0 Å². The SMILES string of the molecule is Cc1nc(C2(NCC(=O)NCc3ccco3)CCCCCC2)no1. The standard InChI is InChI=1S/C17H24N4O3/c1-13-20-16(21-24-13)17(8-4-2-3-5-9-17)19-12-15(22)18-11-14-7-6-10-23-14/h6-7,10,19H,2-5,8-9,11-12H2,1H3,(H,18,22). The second kappa shape index (κ2) is 7.61. The highest BCUT2D eigenvalue weighted by atomic mass is 16.5. The van der Waals surface area contributed by atoms with Crippen molar-refractivity contribution in [3.05, 3.63) is 35.9 Å². The number of amides is 1. The normalized spacial score (nSPS) is 17.4. The highest BCUT2D eigenvalue weighted by Gasteiger charge is 2.37. The molecule has 0 radical (unpaired) electrons. The number of furan rings is 1. The number of hydrogen-bond acceptors (Lipinski definition) is 6. The van der Waals surface area contributed by atoms with Crippen molar-refractivity contribution >= 4 is 5.91 Å². The van der Waals surface area contributed by atoms with E-state index in [1.807, 2.05) is 6.07 Å². The molecule has 0 atom stereocenters. The molecule has 2 aromatic heterocycles. The second-order valence-electron chi connectivity index (χ2n) is 6.34. The van der Waals surface area contributed by atoms with Crippen molar-refractivity contribution in [2.45, 2.75) is 57.5 Å². The second-order valence-corrected chi connectivity index (χ2v) is 6.34. The molecule has 0 aromatic carbocycles. The van der Waals surface area contributed by atoms with E-state index in [0.717, 1.165) is 31.4 Å². The molecule has 1 saturated carbocycles. The summed E-state index contributed by atoms with van der Waals surface area (Å²) in [7, 11) is 0. The summed E-state index contributed by atoms with van der Waals surface area (Å²) >= 11 is 0. The minimum absolute atomic E-state index is 0.0739. The molecule has 7 heteroatoms. The lowest BCUT2D eigenvalue weighted by molar-refractivity contribution is -0.121. The lowest BCUT2D eigenvalue weighted by atomic mass is 9.89. The third-order valence-corrected chi connectivity index (χ3v) is 4.54. The van der Waals surface area contributed by atoms with E-state index in [-0.39, 0.29) is 18.0 Å². The van der Waals surface area contributed by atoms with Crippen LogP contribution >= 0.6 is 0 Å². The highest BCUT2D eigenvalue weighted by Crippen LogP contribution is 2.34. The smallest absolute Gasteiger partial charge is 0.234 e. The Bertz CT molecular complexity index is 643. The quantitative estimate of drug-likeness (QED) is 0.789. The molecule has 3 rings (SSSR count). The van der Waals surface area contributed by atoms with Crippen molar-refractivity contribution in [1.29, 1.82) is 0 Å². The van der Waals surface area contributed by atoms with E-state index in [1.165, 1.54) is 12.8 Å². The van der Waals surface area contributed by atoms with E-state index in [9.17, 15) is 4.79 Å². The summed E-state index contributed by atoms with van der Waals surface area (Å²) < 4.78 is 10.4. The molecule has 2 heterocycles. The predicted molar refractivity (Wildman–Crippen MR) is 87.0 cm³/mol. The third kappa shape index (κ3) is 4.03. The molecule has 0 saturated heterocycles. The van der Waals surface area contributed by atoms with Crippen molar-refractivity contribution in [1.82, 2.24) is 20.8 Å². The number of nitrogens with zero attached hydrogens (tertiary/aromatic N) is 2. The number of hydrogen-bond donors (Lipinski definition) is 2. The Hall–Kier alpha value is -2.15. The molecule has 0 aliphatic heterocycles. The maximum Gasteiger partial charge on any atom is 0.234 e. The van der Waals surface area contributed by atoms with Gasteiger partial charge in [0, 0.05) is 6.92 Å². The van der Waals surface area contributed by atoms with Gasteiger partial charge in [0.25, 0.3) is 0 Å². The zero-order valence-corrected chi connectivity index (χ0v) is 14.0. The number of aromatic nitrogens is 2. The number of carbonyl (C=O) groups is 1. The van der Waals surface area contributed by atoms with Crippen LogP contribution in [-0.2, 0) is 16.9 Å². The summed E-state index contributed by atoms with van der Waals surface area (Å²) in [5, 5.41) is 10.4. The molecule has 2 N–H and O–H groups in total. The molecule has 7 nitrogen and oxygen atoms in total. The lowest BCUT2D eigenvalue weighted by Crippen LogP contribution is -2.47. The zero-order valence-electron chi connectivity index (χ0n) is 14.0. The summed E-state index contributed by atoms with van der Waals surface area (Å²) in [5.74, 6) is 1.88. The fourth-order valence-electron chi connectivity index (χ4n) is 3.22. The molecule has 2 aromatic rings. The van der Waals surface area contributed by atoms with Crippen molar-refractivity contribution < 1.29 is 13.7 Å². The van der Waals surface area contributed by atoms with Crippen LogP contribution in [0.25, 0.3) is 0 Å². The number of carbonyl (C=O) groups excluding carboxylic acids is 1. The first kappa shape index (κ1) is 16.7. The monoisotopic (exact) mass is 332 g/mol. The van der Waals surface area contributed by atoms with Gasteiger partial charge in [0.1, 0.15) is 5.76 Å². The first-order chi connectivity index (χ1) is 11.7. The van der Waals surface area contributed by atoms with Crippen LogP contribution in [0, 0.1) is 6.92 Å². The largest absolute Gasteiger partial charge is 0.467 e. The average Bonchev–Trinajstić information content (AvgIpc) is 3.19. The van der Waals surface area contributed by atoms with E-state index in [0.29, 0.717) is 18.3 Å². The summed E-state index contributed by atoms with van der Waals surface area (Å²) in [4.78, 5) is 16.6. The first-order valence-electron chi connectivity index (χ1n) is 8.53. The van der Waals surface area contributed by atoms with Gasteiger partial charge in [0.15, 0.2) is 5.82 Å². The molecular formula is C17H24N4O3. The molecule has 24 heavy (non-hydrogen) atoms. The van der Waals surface area contributed by atoms with Crippen LogP contribution in [-0.4, -0.2) is 22.6 Å². The molecule has 0 bridgehead atoms. The van der Waals surface area contributed by atoms with Gasteiger partial charge in [-0.1, -0.05) is 30.8 Å². The maximum absolute atomic E-state index is 12.2. The topological polar surface area (TPSA) is 93.2 Å². The van der Waals surface area contributed by atoms with Crippen LogP contribution in [0.4, 0.5) is 0 Å². The molecule has 0 unspecified atom stereocenters. The van der Waals surface area contributed by atoms with E-state index in [1.54, 1.807) is 19.3 Å². The number of aryl methyl sites for hydroxylation is 1. The molecular weight excluding hydrogens is 308 g/mol. The van der Waals surface area contributed by atoms with Gasteiger partial charge in [0.2, 0.25) is 11.8 Å². The molecule has 1 aliphatic carbocycles. The van der Waals surface area contributed by atoms with Crippen molar-refractivity contribution in [2.75, 3.05) is 6.54 Å². The Balaban J connectivity index is 1.62. The van der Waals surface area contributed by atoms with Gasteiger partial charge >= 0.3 is 0 Å². The van der Waals surface area contributed by atoms with Gasteiger partial charge in [-0.05, 0) is 25.0 Å². The summed E-state index contributed by atoms with van der Waals surface area (Å²) in [6.07, 6.45) is 8.01. The van der Waals surface area contributed by atoms with Crippen LogP contribution < -0.4 is 10.6 Å². The maximum atomic E-state index is 12.2. The lowest BCUT2D eigenvalue weighted by Gasteiger charge is -2.30. The van der Waals surface area contributed by atoms with Crippen LogP contribution in [0.1, 0.15) is 56.0 Å². The Kier molecular flexibility index (Phi) is 5.30. The molecule has 1 amide bonds. The predicted octanol–water partition coefficient (Wildman–Crippen LogP) is 2.43. The van der Waals surface area contributed by atoms with Crippen molar-refractivity contribution in [2.24, 2.45) is 0 Å². The van der Waals surface area contributed by atoms with Crippen molar-refractivity contribution in [3.8, 4) is 0 Å². The summed E-state index contributed by atoms with van der Waals surface area (Å²) in [6, 6.07) is 3.64. The third-order valence-electron chi connectivity index (χ3n) is 4.54. The zero-order chi connectivity index (χ0) is 16.8. The first-order valence-corrected chi connectivity index (χ1v) is 8.53. The molecule has 130 valence electrons. The summed E-state index contributed by atoms with van der Waals surface area (Å²) in [5.41, 5.74) is -0.379. The van der Waals surface area contributed by atoms with Gasteiger partial charge < -0.3 is 14.3 Å². The van der Waals surface area contributed by atoms with Crippen LogP contribution in [0.5, 0.6) is 0 Å². The minimum atomic E-state index is -0.379. The molecule has 1 aliphatic rings. The van der Waals surface area contributed by atoms with Gasteiger partial charge in [0.05, 0.1) is 24.9 Å². The molecule has 1 fully saturated rings. The number of nitrogens with one attached hydrogen (secondary N) is 2. The van der Waals surface area contributed by atoms with Crippen LogP contribution in [0.2, 0.25) is 0 Å². The fourth-order valence-corrected chi connectivity index (χ4v) is 3.22. The van der Waals surface area contributed by atoms with Crippen LogP contribution in [0.15, 0.2) is 27.3 Å². The fraction of sp³-hybridized carbons (Fsp3) is 0.588. The Morgan fingerprint density at radius 2 is 2.08 bits per heavy atom. The van der Waals surface area contributed by atoms with E-state index in [4.69, 9.17) is 8.94 Å². The highest BCUT2D eigenvalue weighted by molar-refractivity contribution is 5.78. The van der Waals surface area contributed by atoms with Crippen molar-refractivity contribution in [3.63, 3.8) is 0 Å². The molecule has 0 spiro atoms. The van der Waals surface area contributed by atoms with E-state index >= 15 is 0 Å². The average molecular weight is 332 g/mol. The Labute approximate surface area is 141 Å². The van der Waals surface area contributed by atoms with Gasteiger partial charge in [-0.25, -0.2) is 0 Å². The Morgan fingerprint density at radius 1 is 1.29 bits per heavy atom. The van der Waals surface area contributed by atoms with Gasteiger partial charge in [-0.15, -0.1) is 0 Å². The van der Waals surface area contributed by atoms with E-state index in [2.05, 4.69) is 20.8 Å².